The highest BCUT2D eigenvalue weighted by molar-refractivity contribution is 5.86. The quantitative estimate of drug-likeness (QED) is 0.811. The molecule has 6 heteroatoms. The molecular weight excluding hydrogens is 306 g/mol. The number of anilines is 1. The van der Waals surface area contributed by atoms with Crippen LogP contribution in [0.15, 0.2) is 18.2 Å². The van der Waals surface area contributed by atoms with E-state index in [0.29, 0.717) is 34.8 Å². The highest BCUT2D eigenvalue weighted by Gasteiger charge is 2.31. The second-order valence-electron chi connectivity index (χ2n) is 5.68. The lowest BCUT2D eigenvalue weighted by Crippen LogP contribution is -2.05. The Morgan fingerprint density at radius 1 is 1.12 bits per heavy atom. The predicted molar refractivity (Wildman–Crippen MR) is 85.0 cm³/mol. The van der Waals surface area contributed by atoms with E-state index in [-0.39, 0.29) is 18.6 Å². The van der Waals surface area contributed by atoms with Gasteiger partial charge in [-0.15, -0.1) is 0 Å². The van der Waals surface area contributed by atoms with Crippen LogP contribution in [-0.2, 0) is 11.3 Å². The molecule has 2 N–H and O–H groups in total. The van der Waals surface area contributed by atoms with Crippen molar-refractivity contribution in [2.24, 2.45) is 0 Å². The Morgan fingerprint density at radius 3 is 2.62 bits per heavy atom. The maximum Gasteiger partial charge on any atom is 0.231 e. The van der Waals surface area contributed by atoms with Crippen LogP contribution in [0.1, 0.15) is 35.3 Å². The SMILES string of the molecule is CC1OCc2c(-c3ccc4c(c3)OCO4)c(C#N)c(N)c(C#N)c21. The lowest BCUT2D eigenvalue weighted by molar-refractivity contribution is 0.0796. The first kappa shape index (κ1) is 14.4. The van der Waals surface area contributed by atoms with Crippen molar-refractivity contribution in [1.29, 1.82) is 10.5 Å². The number of nitrogen functional groups attached to an aromatic ring is 1. The first-order chi connectivity index (χ1) is 11.7. The van der Waals surface area contributed by atoms with Crippen molar-refractivity contribution in [2.45, 2.75) is 19.6 Å². The molecule has 2 aromatic rings. The van der Waals surface area contributed by atoms with Gasteiger partial charge in [-0.05, 0) is 30.2 Å². The molecular formula is C18H13N3O3. The Labute approximate surface area is 138 Å². The first-order valence-corrected chi connectivity index (χ1v) is 7.45. The van der Waals surface area contributed by atoms with Gasteiger partial charge in [0.15, 0.2) is 11.5 Å². The Kier molecular flexibility index (Phi) is 3.09. The van der Waals surface area contributed by atoms with Gasteiger partial charge in [0.2, 0.25) is 6.79 Å². The molecule has 0 aromatic heterocycles. The minimum atomic E-state index is -0.238. The van der Waals surface area contributed by atoms with E-state index in [2.05, 4.69) is 12.1 Å². The van der Waals surface area contributed by atoms with Crippen LogP contribution in [0, 0.1) is 22.7 Å². The molecule has 0 spiro atoms. The van der Waals surface area contributed by atoms with E-state index >= 15 is 0 Å². The number of fused-ring (bicyclic) bond motifs is 2. The summed E-state index contributed by atoms with van der Waals surface area (Å²) in [5, 5.41) is 19.1. The van der Waals surface area contributed by atoms with E-state index < -0.39 is 0 Å². The highest BCUT2D eigenvalue weighted by Crippen LogP contribution is 2.46. The summed E-state index contributed by atoms with van der Waals surface area (Å²) in [6, 6.07) is 9.76. The molecule has 2 aliphatic heterocycles. The molecule has 2 heterocycles. The number of ether oxygens (including phenoxy) is 3. The molecule has 0 aliphatic carbocycles. The largest absolute Gasteiger partial charge is 0.454 e. The Hall–Kier alpha value is -3.22. The van der Waals surface area contributed by atoms with Crippen molar-refractivity contribution in [2.75, 3.05) is 12.5 Å². The van der Waals surface area contributed by atoms with E-state index in [1.807, 2.05) is 19.1 Å². The van der Waals surface area contributed by atoms with Gasteiger partial charge in [0.25, 0.3) is 0 Å². The van der Waals surface area contributed by atoms with Crippen LogP contribution in [0.5, 0.6) is 11.5 Å². The number of hydrogen-bond acceptors (Lipinski definition) is 6. The van der Waals surface area contributed by atoms with Crippen LogP contribution in [0.4, 0.5) is 5.69 Å². The van der Waals surface area contributed by atoms with E-state index in [4.69, 9.17) is 19.9 Å². The van der Waals surface area contributed by atoms with Crippen LogP contribution in [0.25, 0.3) is 11.1 Å². The third-order valence-corrected chi connectivity index (χ3v) is 4.45. The fourth-order valence-electron chi connectivity index (χ4n) is 3.34. The first-order valence-electron chi connectivity index (χ1n) is 7.45. The molecule has 2 aromatic carbocycles. The molecule has 24 heavy (non-hydrogen) atoms. The molecule has 0 saturated heterocycles. The van der Waals surface area contributed by atoms with Crippen molar-refractivity contribution >= 4 is 5.69 Å². The lowest BCUT2D eigenvalue weighted by atomic mass is 9.86. The van der Waals surface area contributed by atoms with Gasteiger partial charge in [-0.2, -0.15) is 10.5 Å². The number of hydrogen-bond donors (Lipinski definition) is 1. The van der Waals surface area contributed by atoms with Crippen LogP contribution in [-0.4, -0.2) is 6.79 Å². The van der Waals surface area contributed by atoms with E-state index in [1.54, 1.807) is 6.07 Å². The van der Waals surface area contributed by atoms with Crippen molar-refractivity contribution in [3.8, 4) is 34.8 Å². The molecule has 6 nitrogen and oxygen atoms in total. The smallest absolute Gasteiger partial charge is 0.231 e. The molecule has 118 valence electrons. The predicted octanol–water partition coefficient (Wildman–Crippen LogP) is 3.00. The molecule has 1 unspecified atom stereocenters. The molecule has 1 atom stereocenters. The summed E-state index contributed by atoms with van der Waals surface area (Å²) in [5.41, 5.74) is 10.1. The standard InChI is InChI=1S/C18H13N3O3/c1-9-16-11(5-19)18(21)12(6-20)17(13(16)7-22-9)10-2-3-14-15(4-10)24-8-23-14/h2-4,9H,7-8,21H2,1H3. The van der Waals surface area contributed by atoms with Crippen molar-refractivity contribution in [3.05, 3.63) is 40.5 Å². The fourth-order valence-corrected chi connectivity index (χ4v) is 3.34. The summed E-state index contributed by atoms with van der Waals surface area (Å²) >= 11 is 0. The monoisotopic (exact) mass is 319 g/mol. The summed E-state index contributed by atoms with van der Waals surface area (Å²) in [4.78, 5) is 0. The summed E-state index contributed by atoms with van der Waals surface area (Å²) in [6.45, 7) is 2.39. The maximum absolute atomic E-state index is 9.63. The summed E-state index contributed by atoms with van der Waals surface area (Å²) in [7, 11) is 0. The summed E-state index contributed by atoms with van der Waals surface area (Å²) in [5.74, 6) is 1.29. The minimum Gasteiger partial charge on any atom is -0.454 e. The lowest BCUT2D eigenvalue weighted by Gasteiger charge is -2.16. The maximum atomic E-state index is 9.63. The van der Waals surface area contributed by atoms with E-state index in [9.17, 15) is 10.5 Å². The molecule has 0 saturated carbocycles. The zero-order valence-corrected chi connectivity index (χ0v) is 12.9. The number of nitrogens with zero attached hydrogens (tertiary/aromatic N) is 2. The topological polar surface area (TPSA) is 101 Å². The number of rotatable bonds is 1. The van der Waals surface area contributed by atoms with Crippen LogP contribution in [0.2, 0.25) is 0 Å². The number of nitriles is 2. The Morgan fingerprint density at radius 2 is 1.88 bits per heavy atom. The van der Waals surface area contributed by atoms with Gasteiger partial charge in [0, 0.05) is 11.1 Å². The molecule has 4 rings (SSSR count). The molecule has 2 aliphatic rings. The van der Waals surface area contributed by atoms with Crippen molar-refractivity contribution < 1.29 is 14.2 Å². The summed E-state index contributed by atoms with van der Waals surface area (Å²) in [6.07, 6.45) is -0.238. The van der Waals surface area contributed by atoms with Gasteiger partial charge in [-0.1, -0.05) is 6.07 Å². The molecule has 0 fully saturated rings. The average molecular weight is 319 g/mol. The third-order valence-electron chi connectivity index (χ3n) is 4.45. The zero-order chi connectivity index (χ0) is 16.8. The Balaban J connectivity index is 2.05. The van der Waals surface area contributed by atoms with Crippen LogP contribution < -0.4 is 15.2 Å². The highest BCUT2D eigenvalue weighted by atomic mass is 16.7. The van der Waals surface area contributed by atoms with Gasteiger partial charge >= 0.3 is 0 Å². The average Bonchev–Trinajstić information content (AvgIpc) is 3.20. The number of benzene rings is 2. The second kappa shape index (κ2) is 5.16. The van der Waals surface area contributed by atoms with Crippen molar-refractivity contribution in [3.63, 3.8) is 0 Å². The number of nitrogens with two attached hydrogens (primary N) is 1. The molecule has 0 radical (unpaired) electrons. The zero-order valence-electron chi connectivity index (χ0n) is 12.9. The molecule has 0 bridgehead atoms. The Bertz CT molecular complexity index is 954. The minimum absolute atomic E-state index is 0.178. The fraction of sp³-hybridized carbons (Fsp3) is 0.222. The van der Waals surface area contributed by atoms with Crippen LogP contribution >= 0.6 is 0 Å². The van der Waals surface area contributed by atoms with E-state index in [1.165, 1.54) is 0 Å². The third kappa shape index (κ3) is 1.84. The van der Waals surface area contributed by atoms with Gasteiger partial charge < -0.3 is 19.9 Å². The normalized spacial score (nSPS) is 17.2. The van der Waals surface area contributed by atoms with E-state index in [0.717, 1.165) is 16.7 Å². The van der Waals surface area contributed by atoms with Gasteiger partial charge in [-0.3, -0.25) is 0 Å². The molecule has 0 amide bonds. The van der Waals surface area contributed by atoms with Crippen molar-refractivity contribution in [1.82, 2.24) is 0 Å². The second-order valence-corrected chi connectivity index (χ2v) is 5.68. The van der Waals surface area contributed by atoms with Crippen LogP contribution in [0.3, 0.4) is 0 Å². The van der Waals surface area contributed by atoms with Gasteiger partial charge in [0.1, 0.15) is 12.1 Å². The van der Waals surface area contributed by atoms with Gasteiger partial charge in [-0.25, -0.2) is 0 Å². The van der Waals surface area contributed by atoms with Gasteiger partial charge in [0.05, 0.1) is 29.5 Å². The summed E-state index contributed by atoms with van der Waals surface area (Å²) < 4.78 is 16.5.